The number of piperidine rings is 1. The Balaban J connectivity index is 1.85. The molecule has 0 spiro atoms. The van der Waals surface area contributed by atoms with E-state index in [0.29, 0.717) is 34.7 Å². The van der Waals surface area contributed by atoms with Crippen molar-refractivity contribution < 1.29 is 4.79 Å². The zero-order valence-electron chi connectivity index (χ0n) is 16.4. The van der Waals surface area contributed by atoms with Gasteiger partial charge in [0.1, 0.15) is 4.83 Å². The van der Waals surface area contributed by atoms with E-state index >= 15 is 0 Å². The van der Waals surface area contributed by atoms with Crippen LogP contribution in [0.4, 0.5) is 0 Å². The maximum atomic E-state index is 13.0. The van der Waals surface area contributed by atoms with Gasteiger partial charge >= 0.3 is 0 Å². The van der Waals surface area contributed by atoms with Crippen LogP contribution in [0.15, 0.2) is 22.6 Å². The molecule has 3 rings (SSSR count). The van der Waals surface area contributed by atoms with E-state index in [0.717, 1.165) is 28.4 Å². The predicted octanol–water partition coefficient (Wildman–Crippen LogP) is 3.86. The van der Waals surface area contributed by atoms with Gasteiger partial charge in [0.2, 0.25) is 5.91 Å². The molecule has 7 heteroatoms. The van der Waals surface area contributed by atoms with Gasteiger partial charge in [-0.3, -0.25) is 14.2 Å². The molecule has 0 aromatic carbocycles. The average molecular weight is 406 g/mol. The lowest BCUT2D eigenvalue weighted by atomic mass is 9.92. The van der Waals surface area contributed by atoms with E-state index in [-0.39, 0.29) is 11.5 Å². The summed E-state index contributed by atoms with van der Waals surface area (Å²) in [7, 11) is 0. The minimum atomic E-state index is -0.0445. The first-order valence-electron chi connectivity index (χ1n) is 9.33. The zero-order chi connectivity index (χ0) is 19.7. The number of carbonyl (C=O) groups is 1. The molecule has 1 aliphatic rings. The van der Waals surface area contributed by atoms with Gasteiger partial charge in [0.15, 0.2) is 5.16 Å². The van der Waals surface area contributed by atoms with Gasteiger partial charge < -0.3 is 4.90 Å². The van der Waals surface area contributed by atoms with Gasteiger partial charge in [-0.05, 0) is 37.7 Å². The van der Waals surface area contributed by atoms with E-state index in [1.54, 1.807) is 10.6 Å². The molecule has 1 aliphatic heterocycles. The largest absolute Gasteiger partial charge is 0.341 e. The maximum absolute atomic E-state index is 13.0. The van der Waals surface area contributed by atoms with Crippen LogP contribution in [0.25, 0.3) is 10.2 Å². The van der Waals surface area contributed by atoms with Gasteiger partial charge in [0, 0.05) is 24.5 Å². The van der Waals surface area contributed by atoms with Crippen LogP contribution < -0.4 is 5.56 Å². The third-order valence-corrected chi connectivity index (χ3v) is 7.17. The molecule has 1 amide bonds. The summed E-state index contributed by atoms with van der Waals surface area (Å²) < 4.78 is 1.63. The highest BCUT2D eigenvalue weighted by atomic mass is 32.2. The normalized spacial score (nSPS) is 20.2. The van der Waals surface area contributed by atoms with Crippen molar-refractivity contribution in [3.8, 4) is 0 Å². The van der Waals surface area contributed by atoms with Crippen molar-refractivity contribution in [1.29, 1.82) is 0 Å². The minimum absolute atomic E-state index is 0.0445. The lowest BCUT2D eigenvalue weighted by molar-refractivity contribution is -0.130. The second-order valence-electron chi connectivity index (χ2n) is 7.60. The fourth-order valence-corrected chi connectivity index (χ4v) is 5.77. The molecule has 27 heavy (non-hydrogen) atoms. The maximum Gasteiger partial charge on any atom is 0.263 e. The van der Waals surface area contributed by atoms with E-state index in [2.05, 4.69) is 20.4 Å². The van der Waals surface area contributed by atoms with Crippen LogP contribution in [0.1, 0.15) is 30.7 Å². The number of hydrogen-bond acceptors (Lipinski definition) is 5. The van der Waals surface area contributed by atoms with Crippen LogP contribution in [0.5, 0.6) is 0 Å². The molecule has 0 N–H and O–H groups in total. The van der Waals surface area contributed by atoms with Crippen LogP contribution in [0, 0.1) is 25.7 Å². The lowest BCUT2D eigenvalue weighted by Gasteiger charge is -2.35. The number of thioether (sulfide) groups is 1. The second-order valence-corrected chi connectivity index (χ2v) is 9.74. The van der Waals surface area contributed by atoms with Gasteiger partial charge in [0.05, 0.1) is 11.1 Å². The Morgan fingerprint density at radius 2 is 2.00 bits per heavy atom. The highest BCUT2D eigenvalue weighted by Gasteiger charge is 2.26. The van der Waals surface area contributed by atoms with Crippen molar-refractivity contribution in [1.82, 2.24) is 14.5 Å². The SMILES string of the molecule is C=CCn1c(SCC(=O)N2CC(C)CC(C)C2)nc2sc(C)c(C)c2c1=O. The van der Waals surface area contributed by atoms with E-state index in [1.165, 1.54) is 29.5 Å². The molecule has 0 aliphatic carbocycles. The van der Waals surface area contributed by atoms with E-state index in [4.69, 9.17) is 4.98 Å². The van der Waals surface area contributed by atoms with Gasteiger partial charge in [0.25, 0.3) is 5.56 Å². The smallest absolute Gasteiger partial charge is 0.263 e. The monoisotopic (exact) mass is 405 g/mol. The van der Waals surface area contributed by atoms with E-state index in [9.17, 15) is 9.59 Å². The first kappa shape index (κ1) is 20.1. The third-order valence-electron chi connectivity index (χ3n) is 5.11. The Labute approximate surface area is 168 Å². The van der Waals surface area contributed by atoms with Crippen LogP contribution in [0.3, 0.4) is 0 Å². The van der Waals surface area contributed by atoms with Crippen LogP contribution in [-0.2, 0) is 11.3 Å². The number of fused-ring (bicyclic) bond motifs is 1. The number of carbonyl (C=O) groups excluding carboxylic acids is 1. The van der Waals surface area contributed by atoms with Gasteiger partial charge in [-0.2, -0.15) is 0 Å². The minimum Gasteiger partial charge on any atom is -0.341 e. The first-order chi connectivity index (χ1) is 12.8. The van der Waals surface area contributed by atoms with E-state index in [1.807, 2.05) is 18.7 Å². The number of thiophene rings is 1. The molecular weight excluding hydrogens is 378 g/mol. The van der Waals surface area contributed by atoms with Crippen molar-refractivity contribution in [2.75, 3.05) is 18.8 Å². The summed E-state index contributed by atoms with van der Waals surface area (Å²) in [5.74, 6) is 1.50. The fourth-order valence-electron chi connectivity index (χ4n) is 3.79. The first-order valence-corrected chi connectivity index (χ1v) is 11.1. The van der Waals surface area contributed by atoms with Crippen molar-refractivity contribution in [2.45, 2.75) is 45.8 Å². The van der Waals surface area contributed by atoms with E-state index < -0.39 is 0 Å². The molecule has 0 bridgehead atoms. The second kappa shape index (κ2) is 8.19. The third kappa shape index (κ3) is 4.14. The molecule has 0 radical (unpaired) electrons. The lowest BCUT2D eigenvalue weighted by Crippen LogP contribution is -2.43. The van der Waals surface area contributed by atoms with Crippen molar-refractivity contribution in [2.24, 2.45) is 11.8 Å². The Kier molecular flexibility index (Phi) is 6.11. The highest BCUT2D eigenvalue weighted by molar-refractivity contribution is 7.99. The summed E-state index contributed by atoms with van der Waals surface area (Å²) in [6, 6.07) is 0. The van der Waals surface area contributed by atoms with Crippen molar-refractivity contribution >= 4 is 39.2 Å². The molecule has 5 nitrogen and oxygen atoms in total. The summed E-state index contributed by atoms with van der Waals surface area (Å²) in [4.78, 5) is 34.2. The fraction of sp³-hybridized carbons (Fsp3) is 0.550. The standard InChI is InChI=1S/C20H27N3O2S2/c1-6-7-23-19(25)17-14(4)15(5)27-18(17)21-20(23)26-11-16(24)22-9-12(2)8-13(3)10-22/h6,12-13H,1,7-11H2,2-5H3. The topological polar surface area (TPSA) is 55.2 Å². The number of allylic oxidation sites excluding steroid dienone is 1. The summed E-state index contributed by atoms with van der Waals surface area (Å²) in [6.45, 7) is 14.2. The molecule has 2 atom stereocenters. The van der Waals surface area contributed by atoms with Crippen molar-refractivity contribution in [3.63, 3.8) is 0 Å². The van der Waals surface area contributed by atoms with Crippen LogP contribution in [-0.4, -0.2) is 39.2 Å². The Bertz CT molecular complexity index is 921. The average Bonchev–Trinajstić information content (AvgIpc) is 2.89. The molecule has 1 saturated heterocycles. The van der Waals surface area contributed by atoms with Gasteiger partial charge in [-0.25, -0.2) is 4.98 Å². The highest BCUT2D eigenvalue weighted by Crippen LogP contribution is 2.29. The summed E-state index contributed by atoms with van der Waals surface area (Å²) in [5, 5.41) is 1.29. The number of amides is 1. The zero-order valence-corrected chi connectivity index (χ0v) is 18.1. The van der Waals surface area contributed by atoms with Gasteiger partial charge in [-0.1, -0.05) is 31.7 Å². The molecule has 3 heterocycles. The molecule has 2 aromatic rings. The number of aryl methyl sites for hydroxylation is 2. The molecular formula is C20H27N3O2S2. The number of hydrogen-bond donors (Lipinski definition) is 0. The number of nitrogens with zero attached hydrogens (tertiary/aromatic N) is 3. The molecule has 146 valence electrons. The Hall–Kier alpha value is -1.60. The predicted molar refractivity (Wildman–Crippen MR) is 114 cm³/mol. The Morgan fingerprint density at radius 1 is 1.33 bits per heavy atom. The molecule has 0 saturated carbocycles. The molecule has 1 fully saturated rings. The van der Waals surface area contributed by atoms with Gasteiger partial charge in [-0.15, -0.1) is 17.9 Å². The summed E-state index contributed by atoms with van der Waals surface area (Å²) >= 11 is 2.89. The molecule has 2 aromatic heterocycles. The molecule has 2 unspecified atom stereocenters. The number of rotatable bonds is 5. The number of aromatic nitrogens is 2. The number of likely N-dealkylation sites (tertiary alicyclic amines) is 1. The van der Waals surface area contributed by atoms with Crippen molar-refractivity contribution in [3.05, 3.63) is 33.4 Å². The summed E-state index contributed by atoms with van der Waals surface area (Å²) in [6.07, 6.45) is 2.87. The Morgan fingerprint density at radius 3 is 2.63 bits per heavy atom. The summed E-state index contributed by atoms with van der Waals surface area (Å²) in [5.41, 5.74) is 0.950. The van der Waals surface area contributed by atoms with Crippen LogP contribution in [0.2, 0.25) is 0 Å². The quantitative estimate of drug-likeness (QED) is 0.431. The van der Waals surface area contributed by atoms with Crippen LogP contribution >= 0.6 is 23.1 Å².